The molecule has 0 saturated heterocycles. The molecule has 4 N–H and O–H groups in total. The van der Waals surface area contributed by atoms with Crippen molar-refractivity contribution in [3.05, 3.63) is 46.3 Å². The summed E-state index contributed by atoms with van der Waals surface area (Å²) in [7, 11) is 0. The molecule has 0 unspecified atom stereocenters. The molecule has 0 aliphatic carbocycles. The zero-order valence-corrected chi connectivity index (χ0v) is 14.7. The van der Waals surface area contributed by atoms with Gasteiger partial charge in [0.15, 0.2) is 0 Å². The second-order valence-corrected chi connectivity index (χ2v) is 7.18. The van der Waals surface area contributed by atoms with Crippen molar-refractivity contribution in [1.29, 1.82) is 0 Å². The molecule has 0 fully saturated rings. The van der Waals surface area contributed by atoms with Crippen LogP contribution in [0.15, 0.2) is 39.7 Å². The normalized spacial score (nSPS) is 18.1. The number of fused-ring (bicyclic) bond motifs is 3. The van der Waals surface area contributed by atoms with Crippen LogP contribution in [-0.2, 0) is 6.42 Å². The predicted octanol–water partition coefficient (Wildman–Crippen LogP) is 2.65. The molecule has 0 saturated carbocycles. The fraction of sp³-hybridized carbons (Fsp3) is 0.250. The van der Waals surface area contributed by atoms with Crippen molar-refractivity contribution in [2.75, 3.05) is 0 Å². The number of phenolic OH excluding ortho intramolecular Hbond substituents is 3. The lowest BCUT2D eigenvalue weighted by molar-refractivity contribution is -0.0410. The van der Waals surface area contributed by atoms with Gasteiger partial charge in [-0.15, -0.1) is 0 Å². The minimum atomic E-state index is -0.842. The smallest absolute Gasteiger partial charge is 0.204 e. The summed E-state index contributed by atoms with van der Waals surface area (Å²) in [6, 6.07) is 5.16. The fourth-order valence-corrected chi connectivity index (χ4v) is 3.33. The standard InChI is InChI=1S/C20H18O7/c1-20(2)16(24)6-11-15(27-20)7-14(23)17-18(25)12(8-26-19(11)17)10-4-3-9(21)5-13(10)22/h3-5,7-8,16,21-24H,6H2,1-2H3/t16-/m1/s1. The molecule has 0 amide bonds. The number of aromatic hydroxyl groups is 3. The average Bonchev–Trinajstić information content (AvgIpc) is 2.57. The Morgan fingerprint density at radius 3 is 2.52 bits per heavy atom. The average molecular weight is 370 g/mol. The van der Waals surface area contributed by atoms with E-state index in [1.54, 1.807) is 13.8 Å². The van der Waals surface area contributed by atoms with Crippen LogP contribution in [0.4, 0.5) is 0 Å². The zero-order chi connectivity index (χ0) is 19.5. The molecule has 140 valence electrons. The van der Waals surface area contributed by atoms with E-state index >= 15 is 0 Å². The first kappa shape index (κ1) is 17.2. The molecule has 4 rings (SSSR count). The summed E-state index contributed by atoms with van der Waals surface area (Å²) < 4.78 is 11.4. The minimum Gasteiger partial charge on any atom is -0.508 e. The highest BCUT2D eigenvalue weighted by atomic mass is 16.5. The van der Waals surface area contributed by atoms with Crippen molar-refractivity contribution in [3.8, 4) is 34.1 Å². The summed E-state index contributed by atoms with van der Waals surface area (Å²) in [6.45, 7) is 3.46. The van der Waals surface area contributed by atoms with Gasteiger partial charge in [0.05, 0.1) is 11.7 Å². The van der Waals surface area contributed by atoms with E-state index in [1.807, 2.05) is 0 Å². The summed E-state index contributed by atoms with van der Waals surface area (Å²) in [4.78, 5) is 13.0. The fourth-order valence-electron chi connectivity index (χ4n) is 3.33. The van der Waals surface area contributed by atoms with Crippen molar-refractivity contribution in [3.63, 3.8) is 0 Å². The molecule has 1 aliphatic rings. The number of phenols is 3. The molecule has 7 nitrogen and oxygen atoms in total. The van der Waals surface area contributed by atoms with Crippen LogP contribution in [0.25, 0.3) is 22.1 Å². The zero-order valence-electron chi connectivity index (χ0n) is 14.7. The van der Waals surface area contributed by atoms with Gasteiger partial charge in [-0.3, -0.25) is 4.79 Å². The number of hydrogen-bond acceptors (Lipinski definition) is 7. The van der Waals surface area contributed by atoms with E-state index in [2.05, 4.69) is 0 Å². The molecule has 0 bridgehead atoms. The van der Waals surface area contributed by atoms with E-state index < -0.39 is 17.1 Å². The second kappa shape index (κ2) is 5.65. The lowest BCUT2D eigenvalue weighted by Gasteiger charge is -2.37. The van der Waals surface area contributed by atoms with E-state index in [9.17, 15) is 25.2 Å². The molecule has 1 aromatic heterocycles. The van der Waals surface area contributed by atoms with E-state index in [0.29, 0.717) is 11.3 Å². The van der Waals surface area contributed by atoms with Gasteiger partial charge < -0.3 is 29.6 Å². The highest BCUT2D eigenvalue weighted by molar-refractivity contribution is 5.91. The topological polar surface area (TPSA) is 120 Å². The minimum absolute atomic E-state index is 0.0351. The lowest BCUT2D eigenvalue weighted by Crippen LogP contribution is -2.46. The number of rotatable bonds is 1. The summed E-state index contributed by atoms with van der Waals surface area (Å²) in [5.74, 6) is -0.407. The van der Waals surface area contributed by atoms with Crippen LogP contribution in [0, 0.1) is 0 Å². The van der Waals surface area contributed by atoms with Gasteiger partial charge in [0.2, 0.25) is 5.43 Å². The Bertz CT molecular complexity index is 1130. The Kier molecular flexibility index (Phi) is 3.61. The van der Waals surface area contributed by atoms with Crippen molar-refractivity contribution >= 4 is 11.0 Å². The summed E-state index contributed by atoms with van der Waals surface area (Å²) in [6.07, 6.45) is 0.568. The first-order chi connectivity index (χ1) is 12.7. The van der Waals surface area contributed by atoms with Crippen molar-refractivity contribution in [2.45, 2.75) is 32.0 Å². The van der Waals surface area contributed by atoms with Gasteiger partial charge >= 0.3 is 0 Å². The summed E-state index contributed by atoms with van der Waals surface area (Å²) in [5, 5.41) is 40.1. The number of aliphatic hydroxyl groups excluding tert-OH is 1. The lowest BCUT2D eigenvalue weighted by atomic mass is 9.89. The first-order valence-electron chi connectivity index (χ1n) is 8.39. The Labute approximate surface area is 153 Å². The summed E-state index contributed by atoms with van der Waals surface area (Å²) >= 11 is 0. The van der Waals surface area contributed by atoms with Crippen LogP contribution in [0.3, 0.4) is 0 Å². The largest absolute Gasteiger partial charge is 0.508 e. The van der Waals surface area contributed by atoms with Crippen LogP contribution in [-0.4, -0.2) is 32.1 Å². The number of aliphatic hydroxyl groups is 1. The highest BCUT2D eigenvalue weighted by Crippen LogP contribution is 2.42. The van der Waals surface area contributed by atoms with Crippen LogP contribution in [0.2, 0.25) is 0 Å². The van der Waals surface area contributed by atoms with E-state index in [1.165, 1.54) is 24.5 Å². The highest BCUT2D eigenvalue weighted by Gasteiger charge is 2.38. The van der Waals surface area contributed by atoms with Gasteiger partial charge in [0.1, 0.15) is 45.8 Å². The number of hydrogen-bond donors (Lipinski definition) is 4. The Balaban J connectivity index is 1.98. The number of benzene rings is 2. The molecule has 1 atom stereocenters. The van der Waals surface area contributed by atoms with Gasteiger partial charge in [-0.05, 0) is 26.0 Å². The maximum absolute atomic E-state index is 13.0. The van der Waals surface area contributed by atoms with Crippen LogP contribution < -0.4 is 10.2 Å². The Hall–Kier alpha value is -3.19. The molecule has 0 spiro atoms. The monoisotopic (exact) mass is 370 g/mol. The third kappa shape index (κ3) is 2.59. The molecular formula is C20H18O7. The number of ether oxygens (including phenoxy) is 1. The third-order valence-corrected chi connectivity index (χ3v) is 4.93. The maximum atomic E-state index is 13.0. The molecule has 0 radical (unpaired) electrons. The van der Waals surface area contributed by atoms with Gasteiger partial charge in [-0.1, -0.05) is 0 Å². The van der Waals surface area contributed by atoms with Crippen LogP contribution >= 0.6 is 0 Å². The predicted molar refractivity (Wildman–Crippen MR) is 97.3 cm³/mol. The SMILES string of the molecule is CC1(C)Oc2cc(O)c3c(=O)c(-c4ccc(O)cc4O)coc3c2C[C@H]1O. The maximum Gasteiger partial charge on any atom is 0.204 e. The molecule has 3 aromatic rings. The van der Waals surface area contributed by atoms with E-state index in [0.717, 1.165) is 6.07 Å². The Morgan fingerprint density at radius 1 is 1.07 bits per heavy atom. The van der Waals surface area contributed by atoms with Crippen LogP contribution in [0.5, 0.6) is 23.0 Å². The van der Waals surface area contributed by atoms with Gasteiger partial charge in [0, 0.05) is 29.7 Å². The van der Waals surface area contributed by atoms with E-state index in [4.69, 9.17) is 9.15 Å². The quantitative estimate of drug-likeness (QED) is 0.520. The van der Waals surface area contributed by atoms with E-state index in [-0.39, 0.29) is 45.8 Å². The molecule has 2 aromatic carbocycles. The van der Waals surface area contributed by atoms with Gasteiger partial charge in [-0.2, -0.15) is 0 Å². The van der Waals surface area contributed by atoms with Crippen molar-refractivity contribution in [1.82, 2.24) is 0 Å². The molecule has 7 heteroatoms. The van der Waals surface area contributed by atoms with Crippen LogP contribution in [0.1, 0.15) is 19.4 Å². The molecule has 2 heterocycles. The van der Waals surface area contributed by atoms with Crippen molar-refractivity contribution < 1.29 is 29.6 Å². The first-order valence-corrected chi connectivity index (χ1v) is 8.39. The van der Waals surface area contributed by atoms with Gasteiger partial charge in [-0.25, -0.2) is 0 Å². The van der Waals surface area contributed by atoms with Gasteiger partial charge in [0.25, 0.3) is 0 Å². The second-order valence-electron chi connectivity index (χ2n) is 7.18. The molecule has 27 heavy (non-hydrogen) atoms. The Morgan fingerprint density at radius 2 is 1.81 bits per heavy atom. The summed E-state index contributed by atoms with van der Waals surface area (Å²) in [5.41, 5.74) is -0.562. The third-order valence-electron chi connectivity index (χ3n) is 4.93. The van der Waals surface area contributed by atoms with Crippen molar-refractivity contribution in [2.24, 2.45) is 0 Å². The molecular weight excluding hydrogens is 352 g/mol. The molecule has 1 aliphatic heterocycles.